The number of rotatable bonds is 7. The highest BCUT2D eigenvalue weighted by Gasteiger charge is 2.31. The fourth-order valence-electron chi connectivity index (χ4n) is 3.87. The van der Waals surface area contributed by atoms with E-state index in [0.717, 1.165) is 16.5 Å². The lowest BCUT2D eigenvalue weighted by molar-refractivity contribution is -0.149. The van der Waals surface area contributed by atoms with Gasteiger partial charge in [-0.05, 0) is 41.5 Å². The predicted molar refractivity (Wildman–Crippen MR) is 129 cm³/mol. The zero-order chi connectivity index (χ0) is 24.2. The minimum Gasteiger partial charge on any atom is -0.506 e. The summed E-state index contributed by atoms with van der Waals surface area (Å²) in [4.78, 5) is 37.3. The van der Waals surface area contributed by atoms with E-state index >= 15 is 0 Å². The van der Waals surface area contributed by atoms with Crippen molar-refractivity contribution in [1.82, 2.24) is 19.8 Å². The van der Waals surface area contributed by atoms with Gasteiger partial charge in [0.1, 0.15) is 17.9 Å². The molecule has 3 aromatic rings. The Balaban J connectivity index is 1.39. The maximum absolute atomic E-state index is 12.8. The van der Waals surface area contributed by atoms with Crippen LogP contribution in [0.5, 0.6) is 5.75 Å². The molecule has 0 saturated carbocycles. The van der Waals surface area contributed by atoms with E-state index < -0.39 is 6.23 Å². The molecule has 176 valence electrons. The summed E-state index contributed by atoms with van der Waals surface area (Å²) in [7, 11) is 1.44. The number of piperazine rings is 1. The van der Waals surface area contributed by atoms with Gasteiger partial charge in [0.15, 0.2) is 12.0 Å². The third-order valence-corrected chi connectivity index (χ3v) is 5.97. The first-order chi connectivity index (χ1) is 16.4. The van der Waals surface area contributed by atoms with Crippen molar-refractivity contribution in [3.8, 4) is 5.75 Å². The number of fused-ring (bicyclic) bond motifs is 1. The van der Waals surface area contributed by atoms with Gasteiger partial charge in [0.05, 0.1) is 17.1 Å². The number of methoxy groups -OCH3 is 1. The fourth-order valence-corrected chi connectivity index (χ4v) is 4.06. The van der Waals surface area contributed by atoms with Crippen LogP contribution in [-0.2, 0) is 20.9 Å². The van der Waals surface area contributed by atoms with Gasteiger partial charge < -0.3 is 20.5 Å². The topological polar surface area (TPSA) is 122 Å². The van der Waals surface area contributed by atoms with Crippen LogP contribution in [0.15, 0.2) is 48.8 Å². The van der Waals surface area contributed by atoms with Crippen molar-refractivity contribution in [3.05, 3.63) is 65.0 Å². The molecule has 1 aliphatic rings. The van der Waals surface area contributed by atoms with Crippen LogP contribution >= 0.6 is 11.6 Å². The largest absolute Gasteiger partial charge is 0.506 e. The smallest absolute Gasteiger partial charge is 0.237 e. The molecule has 1 saturated heterocycles. The van der Waals surface area contributed by atoms with Crippen molar-refractivity contribution in [3.63, 3.8) is 0 Å². The Morgan fingerprint density at radius 3 is 2.82 bits per heavy atom. The molecular weight excluding hydrogens is 458 g/mol. The van der Waals surface area contributed by atoms with Gasteiger partial charge in [-0.1, -0.05) is 29.8 Å². The molecule has 0 bridgehead atoms. The summed E-state index contributed by atoms with van der Waals surface area (Å²) in [5.41, 5.74) is 8.20. The molecule has 1 unspecified atom stereocenters. The Morgan fingerprint density at radius 2 is 2.09 bits per heavy atom. The first-order valence-electron chi connectivity index (χ1n) is 10.6. The van der Waals surface area contributed by atoms with Gasteiger partial charge in [0, 0.05) is 32.1 Å². The Hall–Kier alpha value is -3.53. The highest BCUT2D eigenvalue weighted by atomic mass is 35.5. The summed E-state index contributed by atoms with van der Waals surface area (Å²) < 4.78 is 5.41. The second-order valence-electron chi connectivity index (χ2n) is 7.93. The van der Waals surface area contributed by atoms with Crippen LogP contribution in [0.4, 0.5) is 5.82 Å². The molecule has 1 amide bonds. The lowest BCUT2D eigenvalue weighted by Crippen LogP contribution is -2.55. The van der Waals surface area contributed by atoms with Crippen LogP contribution in [0.3, 0.4) is 0 Å². The molecule has 0 aliphatic carbocycles. The van der Waals surface area contributed by atoms with E-state index in [9.17, 15) is 14.7 Å². The van der Waals surface area contributed by atoms with E-state index in [1.54, 1.807) is 28.0 Å². The molecule has 2 heterocycles. The summed E-state index contributed by atoms with van der Waals surface area (Å²) in [5.74, 6) is -0.00565. The molecule has 3 N–H and O–H groups in total. The van der Waals surface area contributed by atoms with E-state index in [1.165, 1.54) is 25.6 Å². The highest BCUT2D eigenvalue weighted by Crippen LogP contribution is 2.24. The zero-order valence-corrected chi connectivity index (χ0v) is 19.3. The minimum atomic E-state index is -0.879. The van der Waals surface area contributed by atoms with Gasteiger partial charge in [-0.15, -0.1) is 0 Å². The normalized spacial score (nSPS) is 15.8. The lowest BCUT2D eigenvalue weighted by Gasteiger charge is -2.37. The van der Waals surface area contributed by atoms with Crippen LogP contribution in [0.1, 0.15) is 11.1 Å². The SMILES string of the molecule is COC(C(=O)C=Cc1ccc(O)c(Cl)c1)N1CCN(Cc2ccc3c(N)ncnc3c2)C(=O)C1. The first-order valence-corrected chi connectivity index (χ1v) is 11.0. The summed E-state index contributed by atoms with van der Waals surface area (Å²) in [6.07, 6.45) is 3.51. The van der Waals surface area contributed by atoms with Gasteiger partial charge in [-0.3, -0.25) is 14.5 Å². The summed E-state index contributed by atoms with van der Waals surface area (Å²) in [5, 5.41) is 10.5. The predicted octanol–water partition coefficient (Wildman–Crippen LogP) is 2.47. The molecule has 10 heteroatoms. The molecule has 1 aromatic heterocycles. The number of halogens is 1. The number of ketones is 1. The molecule has 1 aliphatic heterocycles. The van der Waals surface area contributed by atoms with Gasteiger partial charge in [-0.25, -0.2) is 9.97 Å². The van der Waals surface area contributed by atoms with Crippen molar-refractivity contribution in [2.75, 3.05) is 32.5 Å². The number of anilines is 1. The molecule has 1 fully saturated rings. The number of phenolic OH excluding ortho intramolecular Hbond substituents is 1. The first kappa shape index (κ1) is 23.6. The number of ether oxygens (including phenoxy) is 1. The third-order valence-electron chi connectivity index (χ3n) is 5.66. The number of amides is 1. The number of hydrogen-bond donors (Lipinski definition) is 2. The number of aromatic hydroxyl groups is 1. The van der Waals surface area contributed by atoms with Crippen LogP contribution in [0, 0.1) is 0 Å². The Labute approximate surface area is 201 Å². The van der Waals surface area contributed by atoms with Crippen molar-refractivity contribution >= 4 is 46.1 Å². The van der Waals surface area contributed by atoms with Crippen molar-refractivity contribution < 1.29 is 19.4 Å². The zero-order valence-electron chi connectivity index (χ0n) is 18.5. The van der Waals surface area contributed by atoms with E-state index in [4.69, 9.17) is 22.1 Å². The molecule has 1 atom stereocenters. The van der Waals surface area contributed by atoms with Crippen molar-refractivity contribution in [2.24, 2.45) is 0 Å². The monoisotopic (exact) mass is 481 g/mol. The summed E-state index contributed by atoms with van der Waals surface area (Å²) in [6, 6.07) is 10.3. The number of nitrogens with two attached hydrogens (primary N) is 1. The molecule has 4 rings (SSSR count). The van der Waals surface area contributed by atoms with Crippen LogP contribution in [-0.4, -0.2) is 69.5 Å². The number of aromatic nitrogens is 2. The Kier molecular flexibility index (Phi) is 7.06. The maximum atomic E-state index is 12.8. The average molecular weight is 482 g/mol. The van der Waals surface area contributed by atoms with Crippen molar-refractivity contribution in [1.29, 1.82) is 0 Å². The molecule has 2 aromatic carbocycles. The van der Waals surface area contributed by atoms with Gasteiger partial charge >= 0.3 is 0 Å². The molecule has 9 nitrogen and oxygen atoms in total. The summed E-state index contributed by atoms with van der Waals surface area (Å²) in [6.45, 7) is 1.43. The summed E-state index contributed by atoms with van der Waals surface area (Å²) >= 11 is 5.91. The second kappa shape index (κ2) is 10.2. The maximum Gasteiger partial charge on any atom is 0.237 e. The minimum absolute atomic E-state index is 0.0302. The number of carbonyl (C=O) groups is 2. The average Bonchev–Trinajstić information content (AvgIpc) is 2.82. The number of benzene rings is 2. The van der Waals surface area contributed by atoms with Crippen LogP contribution in [0.25, 0.3) is 17.0 Å². The number of nitrogen functional groups attached to an aromatic ring is 1. The second-order valence-corrected chi connectivity index (χ2v) is 8.34. The lowest BCUT2D eigenvalue weighted by atomic mass is 10.1. The highest BCUT2D eigenvalue weighted by molar-refractivity contribution is 6.32. The number of carbonyl (C=O) groups excluding carboxylic acids is 2. The van der Waals surface area contributed by atoms with Gasteiger partial charge in [0.2, 0.25) is 5.91 Å². The quantitative estimate of drug-likeness (QED) is 0.493. The van der Waals surface area contributed by atoms with Crippen LogP contribution < -0.4 is 5.73 Å². The molecular formula is C24H24ClN5O4. The number of nitrogens with zero attached hydrogens (tertiary/aromatic N) is 4. The molecule has 34 heavy (non-hydrogen) atoms. The van der Waals surface area contributed by atoms with E-state index in [-0.39, 0.29) is 29.0 Å². The number of phenols is 1. The molecule has 0 spiro atoms. The standard InChI is InChI=1S/C24H24ClN5O4/c1-34-24(21(32)7-4-15-3-6-20(31)18(25)10-15)30-9-8-29(22(33)13-30)12-16-2-5-17-19(11-16)27-14-28-23(17)26/h2-7,10-11,14,24,31H,8-9,12-13H2,1H3,(H2,26,27,28). The Bertz CT molecular complexity index is 1270. The van der Waals surface area contributed by atoms with E-state index in [0.29, 0.717) is 31.0 Å². The Morgan fingerprint density at radius 1 is 1.26 bits per heavy atom. The van der Waals surface area contributed by atoms with Crippen LogP contribution in [0.2, 0.25) is 5.02 Å². The van der Waals surface area contributed by atoms with E-state index in [2.05, 4.69) is 9.97 Å². The van der Waals surface area contributed by atoms with Gasteiger partial charge in [0.25, 0.3) is 0 Å². The fraction of sp³-hybridized carbons (Fsp3) is 0.250. The number of hydrogen-bond acceptors (Lipinski definition) is 8. The van der Waals surface area contributed by atoms with Gasteiger partial charge in [-0.2, -0.15) is 0 Å². The molecule has 0 radical (unpaired) electrons. The van der Waals surface area contributed by atoms with E-state index in [1.807, 2.05) is 18.2 Å². The third kappa shape index (κ3) is 5.17. The van der Waals surface area contributed by atoms with Crippen molar-refractivity contribution in [2.45, 2.75) is 12.8 Å².